The molecule has 2 aromatic heterocycles. The van der Waals surface area contributed by atoms with Crippen molar-refractivity contribution in [2.45, 2.75) is 12.5 Å². The standard InChI is InChI=1S/C23H19FN4O2/c24-19-7-3-1-6-18(19)22(29)28-21(23(30)27-16-9-11-25-12-10-16)13-15-14-26-20-8-4-2-5-17(15)20/h1-12,14,21,26H,13H2,(H,28,29)(H,25,27,30). The molecule has 3 N–H and O–H groups in total. The molecule has 2 aromatic carbocycles. The number of rotatable bonds is 6. The van der Waals surface area contributed by atoms with Crippen molar-refractivity contribution in [1.82, 2.24) is 15.3 Å². The molecular weight excluding hydrogens is 383 g/mol. The number of aromatic nitrogens is 2. The largest absolute Gasteiger partial charge is 0.361 e. The van der Waals surface area contributed by atoms with Gasteiger partial charge in [0.2, 0.25) is 5.91 Å². The van der Waals surface area contributed by atoms with E-state index >= 15 is 0 Å². The lowest BCUT2D eigenvalue weighted by molar-refractivity contribution is -0.118. The maximum atomic E-state index is 14.1. The van der Waals surface area contributed by atoms with Gasteiger partial charge in [0.25, 0.3) is 5.91 Å². The minimum absolute atomic E-state index is 0.113. The quantitative estimate of drug-likeness (QED) is 0.460. The predicted octanol–water partition coefficient (Wildman–Crippen LogP) is 3.68. The maximum Gasteiger partial charge on any atom is 0.254 e. The van der Waals surface area contributed by atoms with Gasteiger partial charge in [-0.1, -0.05) is 30.3 Å². The first kappa shape index (κ1) is 19.3. The molecule has 0 aliphatic heterocycles. The molecule has 0 fully saturated rings. The number of carbonyl (C=O) groups is 2. The predicted molar refractivity (Wildman–Crippen MR) is 113 cm³/mol. The van der Waals surface area contributed by atoms with Crippen molar-refractivity contribution in [2.24, 2.45) is 0 Å². The lowest BCUT2D eigenvalue weighted by Gasteiger charge is -2.19. The van der Waals surface area contributed by atoms with E-state index in [-0.39, 0.29) is 12.0 Å². The van der Waals surface area contributed by atoms with Crippen molar-refractivity contribution in [1.29, 1.82) is 0 Å². The van der Waals surface area contributed by atoms with Gasteiger partial charge < -0.3 is 15.6 Å². The van der Waals surface area contributed by atoms with E-state index in [0.717, 1.165) is 16.5 Å². The summed E-state index contributed by atoms with van der Waals surface area (Å²) in [5.41, 5.74) is 2.24. The number of pyridine rings is 1. The third-order valence-corrected chi connectivity index (χ3v) is 4.79. The molecule has 1 atom stereocenters. The van der Waals surface area contributed by atoms with Crippen LogP contribution in [0.25, 0.3) is 10.9 Å². The minimum Gasteiger partial charge on any atom is -0.361 e. The molecule has 0 aliphatic rings. The van der Waals surface area contributed by atoms with Crippen molar-refractivity contribution in [3.8, 4) is 0 Å². The van der Waals surface area contributed by atoms with E-state index in [1.807, 2.05) is 30.5 Å². The lowest BCUT2D eigenvalue weighted by atomic mass is 10.0. The number of hydrogen-bond donors (Lipinski definition) is 3. The number of carbonyl (C=O) groups excluding carboxylic acids is 2. The molecule has 150 valence electrons. The number of aromatic amines is 1. The Balaban J connectivity index is 1.61. The second kappa shape index (κ2) is 8.57. The van der Waals surface area contributed by atoms with Crippen LogP contribution in [-0.4, -0.2) is 27.8 Å². The monoisotopic (exact) mass is 402 g/mol. The average molecular weight is 402 g/mol. The van der Waals surface area contributed by atoms with Gasteiger partial charge in [-0.05, 0) is 35.9 Å². The number of para-hydroxylation sites is 1. The van der Waals surface area contributed by atoms with E-state index in [1.165, 1.54) is 18.2 Å². The number of benzene rings is 2. The van der Waals surface area contributed by atoms with E-state index in [4.69, 9.17) is 0 Å². The summed E-state index contributed by atoms with van der Waals surface area (Å²) in [6, 6.07) is 15.8. The zero-order chi connectivity index (χ0) is 20.9. The van der Waals surface area contributed by atoms with Crippen LogP contribution in [0, 0.1) is 5.82 Å². The number of anilines is 1. The Bertz CT molecular complexity index is 1190. The normalized spacial score (nSPS) is 11.8. The highest BCUT2D eigenvalue weighted by Crippen LogP contribution is 2.20. The summed E-state index contributed by atoms with van der Waals surface area (Å²) < 4.78 is 14.1. The van der Waals surface area contributed by atoms with Gasteiger partial charge in [0, 0.05) is 41.6 Å². The van der Waals surface area contributed by atoms with E-state index in [2.05, 4.69) is 20.6 Å². The van der Waals surface area contributed by atoms with E-state index in [0.29, 0.717) is 5.69 Å². The number of H-pyrrole nitrogens is 1. The molecule has 0 saturated carbocycles. The molecule has 0 radical (unpaired) electrons. The molecule has 4 aromatic rings. The summed E-state index contributed by atoms with van der Waals surface area (Å²) in [5.74, 6) is -1.70. The molecule has 6 nitrogen and oxygen atoms in total. The highest BCUT2D eigenvalue weighted by molar-refractivity contribution is 6.01. The van der Waals surface area contributed by atoms with Gasteiger partial charge in [-0.25, -0.2) is 4.39 Å². The number of halogens is 1. The van der Waals surface area contributed by atoms with Gasteiger partial charge in [0.15, 0.2) is 0 Å². The number of amides is 2. The summed E-state index contributed by atoms with van der Waals surface area (Å²) in [7, 11) is 0. The first-order valence-corrected chi connectivity index (χ1v) is 9.43. The SMILES string of the molecule is O=C(NC(Cc1c[nH]c2ccccc12)C(=O)Nc1ccncc1)c1ccccc1F. The highest BCUT2D eigenvalue weighted by atomic mass is 19.1. The molecule has 4 rings (SSSR count). The fourth-order valence-electron chi connectivity index (χ4n) is 3.28. The Hall–Kier alpha value is -4.00. The van der Waals surface area contributed by atoms with Gasteiger partial charge in [-0.2, -0.15) is 0 Å². The van der Waals surface area contributed by atoms with Crippen molar-refractivity contribution in [3.05, 3.63) is 96.2 Å². The van der Waals surface area contributed by atoms with Gasteiger partial charge in [0.05, 0.1) is 5.56 Å². The number of nitrogens with one attached hydrogen (secondary N) is 3. The average Bonchev–Trinajstić information content (AvgIpc) is 3.17. The highest BCUT2D eigenvalue weighted by Gasteiger charge is 2.24. The van der Waals surface area contributed by atoms with Gasteiger partial charge in [-0.3, -0.25) is 14.6 Å². The molecule has 7 heteroatoms. The first-order chi connectivity index (χ1) is 14.6. The number of fused-ring (bicyclic) bond motifs is 1. The number of hydrogen-bond acceptors (Lipinski definition) is 3. The van der Waals surface area contributed by atoms with Crippen LogP contribution in [0.15, 0.2) is 79.3 Å². The molecule has 0 spiro atoms. The number of nitrogens with zero attached hydrogens (tertiary/aromatic N) is 1. The van der Waals surface area contributed by atoms with Crippen molar-refractivity contribution in [3.63, 3.8) is 0 Å². The van der Waals surface area contributed by atoms with Crippen molar-refractivity contribution in [2.75, 3.05) is 5.32 Å². The van der Waals surface area contributed by atoms with Crippen LogP contribution in [0.5, 0.6) is 0 Å². The maximum absolute atomic E-state index is 14.1. The molecule has 30 heavy (non-hydrogen) atoms. The Kier molecular flexibility index (Phi) is 5.52. The van der Waals surface area contributed by atoms with Crippen LogP contribution in [0.2, 0.25) is 0 Å². The van der Waals surface area contributed by atoms with Crippen LogP contribution in [0.3, 0.4) is 0 Å². The van der Waals surface area contributed by atoms with Crippen LogP contribution >= 0.6 is 0 Å². The Labute approximate surface area is 172 Å². The second-order valence-corrected chi connectivity index (χ2v) is 6.79. The molecule has 0 saturated heterocycles. The zero-order valence-corrected chi connectivity index (χ0v) is 15.9. The van der Waals surface area contributed by atoms with E-state index in [9.17, 15) is 14.0 Å². The van der Waals surface area contributed by atoms with Crippen LogP contribution < -0.4 is 10.6 Å². The Morgan fingerprint density at radius 1 is 1.00 bits per heavy atom. The van der Waals surface area contributed by atoms with Crippen molar-refractivity contribution < 1.29 is 14.0 Å². The molecular formula is C23H19FN4O2. The van der Waals surface area contributed by atoms with Crippen molar-refractivity contribution >= 4 is 28.4 Å². The summed E-state index contributed by atoms with van der Waals surface area (Å²) in [6.07, 6.45) is 5.16. The van der Waals surface area contributed by atoms with Crippen LogP contribution in [0.1, 0.15) is 15.9 Å². The van der Waals surface area contributed by atoms with Gasteiger partial charge in [-0.15, -0.1) is 0 Å². The summed E-state index contributed by atoms with van der Waals surface area (Å²) >= 11 is 0. The molecule has 0 bridgehead atoms. The smallest absolute Gasteiger partial charge is 0.254 e. The summed E-state index contributed by atoms with van der Waals surface area (Å²) in [5, 5.41) is 6.41. The lowest BCUT2D eigenvalue weighted by Crippen LogP contribution is -2.45. The summed E-state index contributed by atoms with van der Waals surface area (Å²) in [4.78, 5) is 32.7. The van der Waals surface area contributed by atoms with Gasteiger partial charge >= 0.3 is 0 Å². The fourth-order valence-corrected chi connectivity index (χ4v) is 3.28. The Morgan fingerprint density at radius 3 is 2.53 bits per heavy atom. The second-order valence-electron chi connectivity index (χ2n) is 6.79. The Morgan fingerprint density at radius 2 is 1.73 bits per heavy atom. The van der Waals surface area contributed by atoms with Gasteiger partial charge in [0.1, 0.15) is 11.9 Å². The minimum atomic E-state index is -0.913. The third kappa shape index (κ3) is 4.20. The third-order valence-electron chi connectivity index (χ3n) is 4.79. The molecule has 2 heterocycles. The molecule has 0 aliphatic carbocycles. The summed E-state index contributed by atoms with van der Waals surface area (Å²) in [6.45, 7) is 0. The molecule has 2 amide bonds. The fraction of sp³-hybridized carbons (Fsp3) is 0.0870. The van der Waals surface area contributed by atoms with E-state index in [1.54, 1.807) is 30.6 Å². The zero-order valence-electron chi connectivity index (χ0n) is 15.9. The first-order valence-electron chi connectivity index (χ1n) is 9.43. The topological polar surface area (TPSA) is 86.9 Å². The molecule has 1 unspecified atom stereocenters. The van der Waals surface area contributed by atoms with Crippen LogP contribution in [-0.2, 0) is 11.2 Å². The van der Waals surface area contributed by atoms with Crippen LogP contribution in [0.4, 0.5) is 10.1 Å². The van der Waals surface area contributed by atoms with E-state index < -0.39 is 23.7 Å².